The van der Waals surface area contributed by atoms with Gasteiger partial charge in [-0.05, 0) is 0 Å². The molecule has 0 aromatic carbocycles. The van der Waals surface area contributed by atoms with Crippen molar-refractivity contribution in [3.63, 3.8) is 0 Å². The molecule has 0 radical (unpaired) electrons. The molecule has 1 rings (SSSR count). The summed E-state index contributed by atoms with van der Waals surface area (Å²) in [6, 6.07) is 2.30. The molecule has 1 fully saturated rings. The zero-order valence-electron chi connectivity index (χ0n) is 6.08. The normalized spacial score (nSPS) is 15.3. The molecule has 1 aliphatic rings. The van der Waals surface area contributed by atoms with Crippen molar-refractivity contribution in [2.24, 2.45) is 0 Å². The van der Waals surface area contributed by atoms with E-state index in [1.54, 1.807) is 4.81 Å². The third-order valence-corrected chi connectivity index (χ3v) is 1.51. The molecule has 0 aliphatic carbocycles. The summed E-state index contributed by atoms with van der Waals surface area (Å²) >= 11 is 0. The van der Waals surface area contributed by atoms with Crippen molar-refractivity contribution in [3.8, 4) is 6.07 Å². The second-order valence-corrected chi connectivity index (χ2v) is 2.23. The second-order valence-electron chi connectivity index (χ2n) is 2.23. The van der Waals surface area contributed by atoms with Gasteiger partial charge in [-0.15, -0.1) is 0 Å². The van der Waals surface area contributed by atoms with Gasteiger partial charge in [0.25, 0.3) is 7.41 Å². The van der Waals surface area contributed by atoms with Crippen molar-refractivity contribution in [1.82, 2.24) is 10.1 Å². The summed E-state index contributed by atoms with van der Waals surface area (Å²) in [6.07, 6.45) is 0.476. The third kappa shape index (κ3) is 2.04. The van der Waals surface area contributed by atoms with Crippen LogP contribution in [0.5, 0.6) is 0 Å². The van der Waals surface area contributed by atoms with Crippen LogP contribution in [0.1, 0.15) is 0 Å². The molecule has 2 N–H and O–H groups in total. The van der Waals surface area contributed by atoms with Crippen molar-refractivity contribution in [2.75, 3.05) is 13.1 Å². The minimum Gasteiger partial charge on any atom is -0.370 e. The summed E-state index contributed by atoms with van der Waals surface area (Å²) in [4.78, 5) is 12.5. The molecule has 0 aromatic heterocycles. The van der Waals surface area contributed by atoms with Gasteiger partial charge in [0, 0.05) is 13.1 Å². The van der Waals surface area contributed by atoms with E-state index in [1.165, 1.54) is 0 Å². The van der Waals surface area contributed by atoms with Crippen molar-refractivity contribution < 1.29 is 10.0 Å². The monoisotopic (exact) mass is 154 g/mol. The lowest BCUT2D eigenvalue weighted by atomic mass is 9.88. The van der Waals surface area contributed by atoms with Crippen LogP contribution in [0.4, 0.5) is 4.79 Å². The summed E-state index contributed by atoms with van der Waals surface area (Å²) in [5.74, 6) is 0. The molecule has 2 amide bonds. The molecule has 0 spiro atoms. The molecule has 58 valence electrons. The van der Waals surface area contributed by atoms with E-state index in [1.807, 2.05) is 0 Å². The van der Waals surface area contributed by atoms with E-state index < -0.39 is 0 Å². The average molecular weight is 154 g/mol. The number of hydrogen-bond acceptors (Lipinski definition) is 2. The predicted molar refractivity (Wildman–Crippen MR) is 41.1 cm³/mol. The first-order chi connectivity index (χ1) is 5.34. The number of nitrogens with zero attached hydrogens (tertiary/aromatic N) is 2. The fraction of sp³-hybridized carbons (Fsp3) is 0.600. The lowest BCUT2D eigenvalue weighted by molar-refractivity contribution is 0.236. The summed E-state index contributed by atoms with van der Waals surface area (Å²) < 4.78 is 0. The lowest BCUT2D eigenvalue weighted by Crippen LogP contribution is -2.31. The van der Waals surface area contributed by atoms with Gasteiger partial charge in [-0.2, -0.15) is 5.21 Å². The van der Waals surface area contributed by atoms with Crippen LogP contribution in [0.25, 0.3) is 5.01 Å². The Kier molecular flexibility index (Phi) is 2.61. The Morgan fingerprint density at radius 2 is 2.73 bits per heavy atom. The predicted octanol–water partition coefficient (Wildman–Crippen LogP) is -0.497. The van der Waals surface area contributed by atoms with Crippen LogP contribution in [0.2, 0.25) is 6.32 Å². The smallest absolute Gasteiger partial charge is 0.343 e. The summed E-state index contributed by atoms with van der Waals surface area (Å²) in [6.45, 7) is 1.43. The number of carbonyl (C=O) groups excluding carboxylic acids is 1. The minimum atomic E-state index is -0.0512. The first kappa shape index (κ1) is 7.73. The molecule has 5 nitrogen and oxygen atoms in total. The molecule has 0 aromatic rings. The zero-order valence-corrected chi connectivity index (χ0v) is 6.08. The molecular weight excluding hydrogens is 145 g/mol. The van der Waals surface area contributed by atoms with Crippen molar-refractivity contribution >= 4 is 13.4 Å². The molecule has 6 heteroatoms. The maximum Gasteiger partial charge on any atom is 0.343 e. The van der Waals surface area contributed by atoms with Gasteiger partial charge in [0.15, 0.2) is 0 Å². The molecule has 0 atom stereocenters. The van der Waals surface area contributed by atoms with Crippen molar-refractivity contribution in [2.45, 2.75) is 6.32 Å². The topological polar surface area (TPSA) is 56.9 Å². The van der Waals surface area contributed by atoms with Gasteiger partial charge in [-0.1, -0.05) is 0 Å². The van der Waals surface area contributed by atoms with Gasteiger partial charge < -0.3 is 10.1 Å². The van der Waals surface area contributed by atoms with E-state index in [9.17, 15) is 4.79 Å². The van der Waals surface area contributed by atoms with E-state index >= 15 is 0 Å². The van der Waals surface area contributed by atoms with Gasteiger partial charge in [-0.25, -0.2) is 0 Å². The number of rotatable bonds is 2. The van der Waals surface area contributed by atoms with Crippen LogP contribution in [0.15, 0.2) is 0 Å². The van der Waals surface area contributed by atoms with E-state index in [4.69, 9.17) is 5.21 Å². The molecular formula is C5H9BN3O2+. The van der Waals surface area contributed by atoms with Gasteiger partial charge in [0.2, 0.25) is 5.01 Å². The highest BCUT2D eigenvalue weighted by Gasteiger charge is 2.19. The van der Waals surface area contributed by atoms with E-state index in [0.717, 1.165) is 6.54 Å². The number of carbonyl (C=O) groups is 1. The Bertz CT molecular complexity index is 210. The van der Waals surface area contributed by atoms with Crippen LogP contribution in [-0.2, 0) is 0 Å². The van der Waals surface area contributed by atoms with Crippen LogP contribution in [0, 0.1) is 6.07 Å². The standard InChI is InChI=1S/C5H8BN3O2/c10-5-7-3-4-9(5)6-1-2-8-11/h6H,1,3-4H2,(H-,7,10,11)/p+1. The van der Waals surface area contributed by atoms with Crippen molar-refractivity contribution in [3.05, 3.63) is 5.01 Å². The van der Waals surface area contributed by atoms with Crippen molar-refractivity contribution in [1.29, 1.82) is 0 Å². The Balaban J connectivity index is 2.24. The van der Waals surface area contributed by atoms with Crippen LogP contribution in [0.3, 0.4) is 0 Å². The average Bonchev–Trinajstić information content (AvgIpc) is 2.37. The fourth-order valence-corrected chi connectivity index (χ4v) is 0.959. The highest BCUT2D eigenvalue weighted by Crippen LogP contribution is 1.95. The maximum atomic E-state index is 10.9. The summed E-state index contributed by atoms with van der Waals surface area (Å²) in [5.41, 5.74) is 0. The Morgan fingerprint density at radius 3 is 3.27 bits per heavy atom. The van der Waals surface area contributed by atoms with E-state index in [0.29, 0.717) is 20.3 Å². The summed E-state index contributed by atoms with van der Waals surface area (Å²) in [7, 11) is 0.565. The minimum absolute atomic E-state index is 0.0512. The SMILES string of the molecule is O=C1NCCN1BCC#[N+]O. The Labute approximate surface area is 65.0 Å². The maximum absolute atomic E-state index is 10.9. The second kappa shape index (κ2) is 3.71. The first-order valence-corrected chi connectivity index (χ1v) is 3.44. The largest absolute Gasteiger partial charge is 0.370 e. The first-order valence-electron chi connectivity index (χ1n) is 3.44. The summed E-state index contributed by atoms with van der Waals surface area (Å²) in [5, 5.41) is 13.4. The highest BCUT2D eigenvalue weighted by molar-refractivity contribution is 6.37. The van der Waals surface area contributed by atoms with Gasteiger partial charge in [-0.3, -0.25) is 4.79 Å². The molecule has 1 aliphatic heterocycles. The van der Waals surface area contributed by atoms with Crippen LogP contribution < -0.4 is 5.32 Å². The van der Waals surface area contributed by atoms with Gasteiger partial charge in [0.05, 0.1) is 6.32 Å². The number of hydrogen-bond donors (Lipinski definition) is 2. The Morgan fingerprint density at radius 1 is 1.91 bits per heavy atom. The lowest BCUT2D eigenvalue weighted by Gasteiger charge is -2.08. The van der Waals surface area contributed by atoms with Gasteiger partial charge >= 0.3 is 12.1 Å². The number of urea groups is 1. The molecule has 0 saturated carbocycles. The molecule has 0 unspecified atom stereocenters. The molecule has 1 heterocycles. The van der Waals surface area contributed by atoms with E-state index in [-0.39, 0.29) is 6.03 Å². The van der Waals surface area contributed by atoms with Crippen LogP contribution >= 0.6 is 0 Å². The molecule has 0 bridgehead atoms. The fourth-order valence-electron chi connectivity index (χ4n) is 0.959. The molecule has 1 saturated heterocycles. The Hall–Kier alpha value is -1.38. The van der Waals surface area contributed by atoms with Gasteiger partial charge in [0.1, 0.15) is 0 Å². The molecule has 11 heavy (non-hydrogen) atoms. The van der Waals surface area contributed by atoms with Crippen LogP contribution in [-0.4, -0.2) is 36.6 Å². The number of nitrogens with one attached hydrogen (secondary N) is 1. The van der Waals surface area contributed by atoms with E-state index in [2.05, 4.69) is 16.4 Å². The third-order valence-electron chi connectivity index (χ3n) is 1.51. The quantitative estimate of drug-likeness (QED) is 0.416. The zero-order chi connectivity index (χ0) is 8.10. The number of amides is 2. The highest BCUT2D eigenvalue weighted by atomic mass is 16.4.